The molecule has 2 N–H and O–H groups in total. The van der Waals surface area contributed by atoms with Crippen LogP contribution in [0.4, 0.5) is 0 Å². The van der Waals surface area contributed by atoms with Crippen LogP contribution in [-0.4, -0.2) is 41.7 Å². The molecule has 0 amide bonds. The van der Waals surface area contributed by atoms with E-state index in [1.165, 1.54) is 0 Å². The topological polar surface area (TPSA) is 82.7 Å². The van der Waals surface area contributed by atoms with E-state index in [1.807, 2.05) is 30.3 Å². The van der Waals surface area contributed by atoms with Crippen LogP contribution >= 0.6 is 0 Å². The van der Waals surface area contributed by atoms with Gasteiger partial charge in [-0.05, 0) is 67.0 Å². The minimum atomic E-state index is -0.505. The molecule has 3 atom stereocenters. The van der Waals surface area contributed by atoms with Crippen LogP contribution in [0.3, 0.4) is 0 Å². The monoisotopic (exact) mass is 445 g/mol. The molecule has 2 fully saturated rings. The van der Waals surface area contributed by atoms with Crippen LogP contribution in [0.1, 0.15) is 72.4 Å². The summed E-state index contributed by atoms with van der Waals surface area (Å²) in [5, 5.41) is 29.2. The summed E-state index contributed by atoms with van der Waals surface area (Å²) in [7, 11) is 1.74. The summed E-state index contributed by atoms with van der Waals surface area (Å²) in [4.78, 5) is 0. The quantitative estimate of drug-likeness (QED) is 0.679. The van der Waals surface area contributed by atoms with E-state index in [0.29, 0.717) is 24.8 Å². The maximum Gasteiger partial charge on any atom is 0.128 e. The highest BCUT2D eigenvalue weighted by atomic mass is 16.5. The number of benzene rings is 2. The summed E-state index contributed by atoms with van der Waals surface area (Å²) in [6.45, 7) is -0.114. The van der Waals surface area contributed by atoms with Crippen LogP contribution in [0, 0.1) is 23.2 Å². The Labute approximate surface area is 196 Å². The van der Waals surface area contributed by atoms with Crippen molar-refractivity contribution >= 4 is 0 Å². The summed E-state index contributed by atoms with van der Waals surface area (Å²) in [5.41, 5.74) is 4.21. The van der Waals surface area contributed by atoms with E-state index in [9.17, 15) is 15.5 Å². The van der Waals surface area contributed by atoms with E-state index in [2.05, 4.69) is 30.0 Å². The summed E-state index contributed by atoms with van der Waals surface area (Å²) in [6, 6.07) is 16.1. The zero-order chi connectivity index (χ0) is 23.3. The number of nitrogens with zero attached hydrogens (tertiary/aromatic N) is 1. The first-order valence-electron chi connectivity index (χ1n) is 11.7. The van der Waals surface area contributed by atoms with Crippen molar-refractivity contribution in [3.05, 3.63) is 70.3 Å². The van der Waals surface area contributed by atoms with E-state index in [1.54, 1.807) is 7.11 Å². The predicted molar refractivity (Wildman–Crippen MR) is 125 cm³/mol. The molecule has 5 heteroatoms. The second kappa shape index (κ2) is 10.5. The lowest BCUT2D eigenvalue weighted by atomic mass is 9.92. The van der Waals surface area contributed by atoms with Crippen molar-refractivity contribution in [1.82, 2.24) is 0 Å². The number of rotatable bonds is 5. The number of methoxy groups -OCH3 is 1. The number of aliphatic hydroxyl groups is 2. The summed E-state index contributed by atoms with van der Waals surface area (Å²) >= 11 is 0. The highest BCUT2D eigenvalue weighted by Gasteiger charge is 2.31. The van der Waals surface area contributed by atoms with Crippen molar-refractivity contribution in [3.8, 4) is 17.9 Å². The molecule has 2 aromatic carbocycles. The second-order valence-corrected chi connectivity index (χ2v) is 9.11. The van der Waals surface area contributed by atoms with Crippen LogP contribution in [0.15, 0.2) is 42.5 Å². The number of aliphatic hydroxyl groups excluding tert-OH is 2. The van der Waals surface area contributed by atoms with Gasteiger partial charge < -0.3 is 19.7 Å². The van der Waals surface area contributed by atoms with Gasteiger partial charge in [0.2, 0.25) is 0 Å². The lowest BCUT2D eigenvalue weighted by molar-refractivity contribution is -0.113. The highest BCUT2D eigenvalue weighted by Crippen LogP contribution is 2.33. The average Bonchev–Trinajstić information content (AvgIpc) is 3.32. The Morgan fingerprint density at radius 2 is 1.88 bits per heavy atom. The van der Waals surface area contributed by atoms with Crippen LogP contribution in [0.5, 0.6) is 0 Å². The lowest BCUT2D eigenvalue weighted by Gasteiger charge is -2.32. The van der Waals surface area contributed by atoms with Crippen LogP contribution in [0.25, 0.3) is 0 Å². The highest BCUT2D eigenvalue weighted by molar-refractivity contribution is 5.45. The van der Waals surface area contributed by atoms with Gasteiger partial charge in [0.1, 0.15) is 5.60 Å². The minimum absolute atomic E-state index is 0.114. The Hall–Kier alpha value is -2.67. The molecule has 33 heavy (non-hydrogen) atoms. The van der Waals surface area contributed by atoms with Gasteiger partial charge in [-0.1, -0.05) is 36.1 Å². The fourth-order valence-electron chi connectivity index (χ4n) is 4.83. The molecule has 1 heterocycles. The molecule has 0 bridgehead atoms. The summed E-state index contributed by atoms with van der Waals surface area (Å²) in [6.07, 6.45) is 4.67. The average molecular weight is 446 g/mol. The Morgan fingerprint density at radius 3 is 2.55 bits per heavy atom. The molecule has 1 aliphatic heterocycles. The number of hydrogen-bond donors (Lipinski definition) is 2. The van der Waals surface area contributed by atoms with Crippen molar-refractivity contribution in [2.75, 3.05) is 13.7 Å². The van der Waals surface area contributed by atoms with Gasteiger partial charge in [0, 0.05) is 25.5 Å². The largest absolute Gasteiger partial charge is 0.394 e. The normalized spacial score (nSPS) is 24.0. The lowest BCUT2D eigenvalue weighted by Crippen LogP contribution is -2.33. The summed E-state index contributed by atoms with van der Waals surface area (Å²) in [5.74, 6) is 6.61. The zero-order valence-corrected chi connectivity index (χ0v) is 19.1. The van der Waals surface area contributed by atoms with Crippen LogP contribution < -0.4 is 0 Å². The molecule has 1 saturated carbocycles. The van der Waals surface area contributed by atoms with Gasteiger partial charge in [-0.2, -0.15) is 5.26 Å². The summed E-state index contributed by atoms with van der Waals surface area (Å²) < 4.78 is 11.6. The molecule has 5 nitrogen and oxygen atoms in total. The molecule has 0 unspecified atom stereocenters. The predicted octanol–water partition coefficient (Wildman–Crippen LogP) is 4.03. The van der Waals surface area contributed by atoms with Crippen molar-refractivity contribution in [2.24, 2.45) is 0 Å². The van der Waals surface area contributed by atoms with Gasteiger partial charge in [-0.25, -0.2) is 0 Å². The first-order chi connectivity index (χ1) is 16.0. The Kier molecular flexibility index (Phi) is 7.48. The molecular formula is C28H31NO4. The fraction of sp³-hybridized carbons (Fsp3) is 0.464. The minimum Gasteiger partial charge on any atom is -0.394 e. The molecule has 1 saturated heterocycles. The Morgan fingerprint density at radius 1 is 1.12 bits per heavy atom. The van der Waals surface area contributed by atoms with Gasteiger partial charge in [0.25, 0.3) is 0 Å². The molecule has 1 aliphatic carbocycles. The van der Waals surface area contributed by atoms with Crippen molar-refractivity contribution in [3.63, 3.8) is 0 Å². The van der Waals surface area contributed by atoms with E-state index in [0.717, 1.165) is 47.9 Å². The third-order valence-corrected chi connectivity index (χ3v) is 6.79. The van der Waals surface area contributed by atoms with Crippen molar-refractivity contribution in [2.45, 2.75) is 68.9 Å². The molecule has 0 spiro atoms. The van der Waals surface area contributed by atoms with Crippen molar-refractivity contribution < 1.29 is 19.7 Å². The second-order valence-electron chi connectivity index (χ2n) is 9.11. The molecule has 0 radical (unpaired) electrons. The van der Waals surface area contributed by atoms with E-state index >= 15 is 0 Å². The number of ether oxygens (including phenoxy) is 2. The molecule has 0 aromatic heterocycles. The molecule has 172 valence electrons. The SMILES string of the molecule is COC1(C#Cc2ccc(Cc3cc([C@H]4C[C@@H](O)C[C@@H](CO)O4)ccc3C#N)cc2)CCCC1. The van der Waals surface area contributed by atoms with Crippen LogP contribution in [0.2, 0.25) is 0 Å². The first-order valence-corrected chi connectivity index (χ1v) is 11.7. The standard InChI is InChI=1S/C28H31NO4/c1-32-28(11-2-3-12-28)13-10-20-4-6-21(7-5-20)14-24-15-22(8-9-23(24)18-29)27-17-25(31)16-26(19-30)33-27/h4-9,15,25-27,30-31H,2-3,11-12,14,16-17,19H2,1H3/t25-,26-,27+/m0/s1. The third-order valence-electron chi connectivity index (χ3n) is 6.79. The number of nitriles is 1. The van der Waals surface area contributed by atoms with Crippen LogP contribution in [-0.2, 0) is 15.9 Å². The van der Waals surface area contributed by atoms with Gasteiger partial charge in [-0.15, -0.1) is 0 Å². The maximum atomic E-state index is 10.2. The van der Waals surface area contributed by atoms with E-state index in [4.69, 9.17) is 9.47 Å². The van der Waals surface area contributed by atoms with Gasteiger partial charge in [0.05, 0.1) is 36.6 Å². The first kappa shape index (κ1) is 23.5. The zero-order valence-electron chi connectivity index (χ0n) is 19.1. The molecular weight excluding hydrogens is 414 g/mol. The Balaban J connectivity index is 1.50. The van der Waals surface area contributed by atoms with Gasteiger partial charge >= 0.3 is 0 Å². The third kappa shape index (κ3) is 5.64. The Bertz CT molecular complexity index is 1050. The van der Waals surface area contributed by atoms with E-state index in [-0.39, 0.29) is 24.4 Å². The molecule has 4 rings (SSSR count). The van der Waals surface area contributed by atoms with E-state index < -0.39 is 6.10 Å². The van der Waals surface area contributed by atoms with Gasteiger partial charge in [-0.3, -0.25) is 0 Å². The fourth-order valence-corrected chi connectivity index (χ4v) is 4.83. The maximum absolute atomic E-state index is 10.2. The molecule has 2 aromatic rings. The smallest absolute Gasteiger partial charge is 0.128 e. The van der Waals surface area contributed by atoms with Crippen molar-refractivity contribution in [1.29, 1.82) is 5.26 Å². The van der Waals surface area contributed by atoms with Gasteiger partial charge in [0.15, 0.2) is 0 Å². The number of hydrogen-bond acceptors (Lipinski definition) is 5. The molecule has 2 aliphatic rings.